The first-order valence-electron chi connectivity index (χ1n) is 5.65. The molecule has 0 aliphatic carbocycles. The van der Waals surface area contributed by atoms with E-state index < -0.39 is 0 Å². The van der Waals surface area contributed by atoms with Gasteiger partial charge in [0.2, 0.25) is 0 Å². The summed E-state index contributed by atoms with van der Waals surface area (Å²) in [5.74, 6) is 0.0827. The zero-order valence-electron chi connectivity index (χ0n) is 10.4. The molecule has 0 aliphatic rings. The third-order valence-corrected chi connectivity index (χ3v) is 2.84. The monoisotopic (exact) mass is 276 g/mol. The molecule has 0 atom stereocenters. The minimum absolute atomic E-state index is 0.206. The number of halogens is 1. The number of anilines is 1. The molecule has 1 amide bonds. The van der Waals surface area contributed by atoms with Crippen LogP contribution in [0, 0.1) is 0 Å². The van der Waals surface area contributed by atoms with Crippen molar-refractivity contribution in [3.8, 4) is 0 Å². The standard InChI is InChI=1S/C13H13ClN4O/c1-18(8-9-2-4-10(14)5-3-9)13(19)11-6-7-12(15)17-16-11/h2-7H,8H2,1H3,(H2,15,17). The highest BCUT2D eigenvalue weighted by Gasteiger charge is 2.13. The summed E-state index contributed by atoms with van der Waals surface area (Å²) in [4.78, 5) is 13.6. The predicted molar refractivity (Wildman–Crippen MR) is 73.7 cm³/mol. The van der Waals surface area contributed by atoms with Crippen molar-refractivity contribution in [3.63, 3.8) is 0 Å². The molecule has 2 N–H and O–H groups in total. The van der Waals surface area contributed by atoms with E-state index in [9.17, 15) is 4.79 Å². The van der Waals surface area contributed by atoms with E-state index in [1.165, 1.54) is 0 Å². The number of aromatic nitrogens is 2. The summed E-state index contributed by atoms with van der Waals surface area (Å²) in [6.45, 7) is 0.474. The number of carbonyl (C=O) groups is 1. The van der Waals surface area contributed by atoms with E-state index in [0.29, 0.717) is 11.6 Å². The minimum atomic E-state index is -0.206. The van der Waals surface area contributed by atoms with E-state index in [-0.39, 0.29) is 17.4 Å². The van der Waals surface area contributed by atoms with Crippen LogP contribution in [0.25, 0.3) is 0 Å². The first kappa shape index (κ1) is 13.3. The molecule has 0 saturated heterocycles. The van der Waals surface area contributed by atoms with E-state index >= 15 is 0 Å². The Morgan fingerprint density at radius 1 is 1.21 bits per heavy atom. The Kier molecular flexibility index (Phi) is 3.97. The minimum Gasteiger partial charge on any atom is -0.382 e. The third kappa shape index (κ3) is 3.42. The molecule has 0 radical (unpaired) electrons. The Morgan fingerprint density at radius 3 is 2.47 bits per heavy atom. The van der Waals surface area contributed by atoms with Gasteiger partial charge in [0, 0.05) is 18.6 Å². The van der Waals surface area contributed by atoms with Crippen LogP contribution in [-0.2, 0) is 6.54 Å². The molecule has 1 heterocycles. The molecule has 1 aromatic heterocycles. The molecule has 0 spiro atoms. The number of rotatable bonds is 3. The van der Waals surface area contributed by atoms with E-state index in [4.69, 9.17) is 17.3 Å². The highest BCUT2D eigenvalue weighted by Crippen LogP contribution is 2.12. The highest BCUT2D eigenvalue weighted by atomic mass is 35.5. The Balaban J connectivity index is 2.07. The molecule has 0 bridgehead atoms. The molecule has 19 heavy (non-hydrogen) atoms. The summed E-state index contributed by atoms with van der Waals surface area (Å²) < 4.78 is 0. The zero-order valence-corrected chi connectivity index (χ0v) is 11.1. The van der Waals surface area contributed by atoms with Crippen LogP contribution in [0.2, 0.25) is 5.02 Å². The van der Waals surface area contributed by atoms with E-state index in [0.717, 1.165) is 5.56 Å². The number of hydrogen-bond acceptors (Lipinski definition) is 4. The van der Waals surface area contributed by atoms with E-state index in [2.05, 4.69) is 10.2 Å². The van der Waals surface area contributed by atoms with Crippen molar-refractivity contribution >= 4 is 23.3 Å². The van der Waals surface area contributed by atoms with Gasteiger partial charge in [-0.05, 0) is 29.8 Å². The number of carbonyl (C=O) groups excluding carboxylic acids is 1. The van der Waals surface area contributed by atoms with Crippen LogP contribution in [0.1, 0.15) is 16.1 Å². The zero-order chi connectivity index (χ0) is 13.8. The summed E-state index contributed by atoms with van der Waals surface area (Å²) in [7, 11) is 1.70. The van der Waals surface area contributed by atoms with Gasteiger partial charge in [-0.25, -0.2) is 0 Å². The van der Waals surface area contributed by atoms with Crippen LogP contribution >= 0.6 is 11.6 Å². The first-order chi connectivity index (χ1) is 9.06. The Labute approximate surface area is 116 Å². The van der Waals surface area contributed by atoms with Crippen molar-refractivity contribution in [1.29, 1.82) is 0 Å². The van der Waals surface area contributed by atoms with Crippen molar-refractivity contribution < 1.29 is 4.79 Å². The van der Waals surface area contributed by atoms with Crippen LogP contribution in [0.4, 0.5) is 5.82 Å². The topological polar surface area (TPSA) is 72.1 Å². The molecule has 98 valence electrons. The molecule has 0 fully saturated rings. The lowest BCUT2D eigenvalue weighted by molar-refractivity contribution is 0.0778. The van der Waals surface area contributed by atoms with Gasteiger partial charge < -0.3 is 10.6 Å². The maximum absolute atomic E-state index is 12.1. The quantitative estimate of drug-likeness (QED) is 0.930. The van der Waals surface area contributed by atoms with Gasteiger partial charge in [-0.3, -0.25) is 4.79 Å². The number of amides is 1. The lowest BCUT2D eigenvalue weighted by Gasteiger charge is -2.16. The number of benzene rings is 1. The maximum atomic E-state index is 12.1. The Bertz CT molecular complexity index is 568. The van der Waals surface area contributed by atoms with Crippen LogP contribution in [0.3, 0.4) is 0 Å². The number of hydrogen-bond donors (Lipinski definition) is 1. The van der Waals surface area contributed by atoms with Crippen molar-refractivity contribution in [3.05, 3.63) is 52.7 Å². The van der Waals surface area contributed by atoms with Gasteiger partial charge in [0.05, 0.1) is 0 Å². The van der Waals surface area contributed by atoms with Gasteiger partial charge >= 0.3 is 0 Å². The van der Waals surface area contributed by atoms with Gasteiger partial charge in [0.1, 0.15) is 5.82 Å². The smallest absolute Gasteiger partial charge is 0.274 e. The second-order valence-electron chi connectivity index (χ2n) is 4.13. The summed E-state index contributed by atoms with van der Waals surface area (Å²) in [6.07, 6.45) is 0. The van der Waals surface area contributed by atoms with Crippen molar-refractivity contribution in [1.82, 2.24) is 15.1 Å². The predicted octanol–water partition coefficient (Wildman–Crippen LogP) is 1.98. The van der Waals surface area contributed by atoms with Gasteiger partial charge in [0.15, 0.2) is 5.69 Å². The van der Waals surface area contributed by atoms with Crippen molar-refractivity contribution in [2.24, 2.45) is 0 Å². The molecule has 5 nitrogen and oxygen atoms in total. The lowest BCUT2D eigenvalue weighted by atomic mass is 10.2. The molecule has 0 aliphatic heterocycles. The number of nitrogens with zero attached hydrogens (tertiary/aromatic N) is 3. The van der Waals surface area contributed by atoms with Crippen molar-refractivity contribution in [2.75, 3.05) is 12.8 Å². The fraction of sp³-hybridized carbons (Fsp3) is 0.154. The van der Waals surface area contributed by atoms with Crippen molar-refractivity contribution in [2.45, 2.75) is 6.54 Å². The lowest BCUT2D eigenvalue weighted by Crippen LogP contribution is -2.27. The highest BCUT2D eigenvalue weighted by molar-refractivity contribution is 6.30. The molecule has 0 saturated carbocycles. The maximum Gasteiger partial charge on any atom is 0.274 e. The molecule has 0 unspecified atom stereocenters. The van der Waals surface area contributed by atoms with Gasteiger partial charge in [-0.1, -0.05) is 23.7 Å². The van der Waals surface area contributed by atoms with Gasteiger partial charge in [-0.2, -0.15) is 0 Å². The van der Waals surface area contributed by atoms with Crippen LogP contribution in [0.5, 0.6) is 0 Å². The van der Waals surface area contributed by atoms with Crippen LogP contribution in [0.15, 0.2) is 36.4 Å². The second-order valence-corrected chi connectivity index (χ2v) is 4.57. The molecule has 2 aromatic rings. The average molecular weight is 277 g/mol. The molecular weight excluding hydrogens is 264 g/mol. The third-order valence-electron chi connectivity index (χ3n) is 2.58. The fourth-order valence-corrected chi connectivity index (χ4v) is 1.71. The number of nitrogens with two attached hydrogens (primary N) is 1. The summed E-state index contributed by atoms with van der Waals surface area (Å²) in [5, 5.41) is 8.10. The molecular formula is C13H13ClN4O. The number of nitrogen functional groups attached to an aromatic ring is 1. The van der Waals surface area contributed by atoms with Crippen LogP contribution in [-0.4, -0.2) is 28.1 Å². The summed E-state index contributed by atoms with van der Waals surface area (Å²) in [5.41, 5.74) is 6.69. The summed E-state index contributed by atoms with van der Waals surface area (Å²) >= 11 is 5.81. The Morgan fingerprint density at radius 2 is 1.89 bits per heavy atom. The molecule has 2 rings (SSSR count). The first-order valence-corrected chi connectivity index (χ1v) is 6.03. The van der Waals surface area contributed by atoms with Gasteiger partial charge in [-0.15, -0.1) is 10.2 Å². The van der Waals surface area contributed by atoms with Gasteiger partial charge in [0.25, 0.3) is 5.91 Å². The average Bonchev–Trinajstić information content (AvgIpc) is 2.41. The largest absolute Gasteiger partial charge is 0.382 e. The van der Waals surface area contributed by atoms with E-state index in [1.54, 1.807) is 36.2 Å². The Hall–Kier alpha value is -2.14. The molecule has 6 heteroatoms. The van der Waals surface area contributed by atoms with E-state index in [1.807, 2.05) is 12.1 Å². The normalized spacial score (nSPS) is 10.2. The SMILES string of the molecule is CN(Cc1ccc(Cl)cc1)C(=O)c1ccc(N)nn1. The molecule has 1 aromatic carbocycles. The summed E-state index contributed by atoms with van der Waals surface area (Å²) in [6, 6.07) is 10.4. The second kappa shape index (κ2) is 5.67. The fourth-order valence-electron chi connectivity index (χ4n) is 1.59. The van der Waals surface area contributed by atoms with Crippen LogP contribution < -0.4 is 5.73 Å².